The summed E-state index contributed by atoms with van der Waals surface area (Å²) in [5.41, 5.74) is 0.268. The average molecular weight is 313 g/mol. The second-order valence-corrected chi connectivity index (χ2v) is 6.70. The van der Waals surface area contributed by atoms with Gasteiger partial charge in [0.2, 0.25) is 10.0 Å². The third kappa shape index (κ3) is 4.71. The van der Waals surface area contributed by atoms with E-state index in [1.165, 1.54) is 19.2 Å². The lowest BCUT2D eigenvalue weighted by Gasteiger charge is -2.22. The summed E-state index contributed by atoms with van der Waals surface area (Å²) in [6.45, 7) is 0.576. The monoisotopic (exact) mass is 313 g/mol. The van der Waals surface area contributed by atoms with E-state index in [0.29, 0.717) is 18.8 Å². The summed E-state index contributed by atoms with van der Waals surface area (Å²) in [6, 6.07) is 6.24. The predicted octanol–water partition coefficient (Wildman–Crippen LogP) is 1.32. The molecule has 2 rings (SSSR count). The Kier molecular flexibility index (Phi) is 5.19. The highest BCUT2D eigenvalue weighted by Crippen LogP contribution is 2.15. The van der Waals surface area contributed by atoms with Crippen LogP contribution in [0.2, 0.25) is 0 Å². The summed E-state index contributed by atoms with van der Waals surface area (Å²) in [5.74, 6) is -0.229. The van der Waals surface area contributed by atoms with E-state index in [0.717, 1.165) is 12.8 Å². The molecule has 1 aliphatic heterocycles. The van der Waals surface area contributed by atoms with Gasteiger partial charge in [-0.25, -0.2) is 13.1 Å². The molecule has 1 aromatic carbocycles. The molecule has 0 aliphatic carbocycles. The molecule has 1 heterocycles. The molecule has 0 bridgehead atoms. The lowest BCUT2D eigenvalue weighted by atomic mass is 10.1. The Hall–Kier alpha value is -1.60. The second-order valence-electron chi connectivity index (χ2n) is 4.93. The van der Waals surface area contributed by atoms with Crippen LogP contribution in [0.15, 0.2) is 24.3 Å². The van der Waals surface area contributed by atoms with E-state index in [4.69, 9.17) is 9.47 Å². The van der Waals surface area contributed by atoms with Crippen LogP contribution in [0.25, 0.3) is 0 Å². The minimum absolute atomic E-state index is 0.186. The molecule has 0 unspecified atom stereocenters. The van der Waals surface area contributed by atoms with E-state index < -0.39 is 15.9 Å². The van der Waals surface area contributed by atoms with Crippen LogP contribution < -0.4 is 9.46 Å². The van der Waals surface area contributed by atoms with Crippen LogP contribution in [-0.2, 0) is 14.8 Å². The van der Waals surface area contributed by atoms with E-state index in [1.807, 2.05) is 0 Å². The van der Waals surface area contributed by atoms with Gasteiger partial charge in [-0.2, -0.15) is 0 Å². The molecule has 7 heteroatoms. The minimum atomic E-state index is -3.70. The number of nitrogens with one attached hydrogen (secondary N) is 1. The molecule has 0 saturated carbocycles. The Morgan fingerprint density at radius 1 is 1.33 bits per heavy atom. The van der Waals surface area contributed by atoms with Crippen LogP contribution in [0.1, 0.15) is 29.6 Å². The molecule has 1 fully saturated rings. The number of hydrogen-bond acceptors (Lipinski definition) is 5. The zero-order valence-electron chi connectivity index (χ0n) is 11.9. The average Bonchev–Trinajstić information content (AvgIpc) is 2.47. The fourth-order valence-electron chi connectivity index (χ4n) is 2.17. The van der Waals surface area contributed by atoms with Crippen LogP contribution in [0, 0.1) is 0 Å². The van der Waals surface area contributed by atoms with Crippen molar-refractivity contribution in [2.75, 3.05) is 19.5 Å². The van der Waals surface area contributed by atoms with Crippen LogP contribution >= 0.6 is 0 Å². The van der Waals surface area contributed by atoms with Crippen molar-refractivity contribution in [3.8, 4) is 5.75 Å². The molecule has 1 atom stereocenters. The highest BCUT2D eigenvalue weighted by Gasteiger charge is 2.24. The zero-order valence-corrected chi connectivity index (χ0v) is 12.7. The first-order valence-corrected chi connectivity index (χ1v) is 8.46. The smallest absolute Gasteiger partial charge is 0.264 e. The lowest BCUT2D eigenvalue weighted by Crippen LogP contribution is -2.38. The molecule has 1 aliphatic rings. The summed E-state index contributed by atoms with van der Waals surface area (Å²) in [4.78, 5) is 11.9. The molecular weight excluding hydrogens is 294 g/mol. The molecule has 1 aromatic rings. The van der Waals surface area contributed by atoms with Gasteiger partial charge in [-0.05, 0) is 43.5 Å². The third-order valence-electron chi connectivity index (χ3n) is 3.28. The van der Waals surface area contributed by atoms with Gasteiger partial charge in [0.1, 0.15) is 5.75 Å². The second kappa shape index (κ2) is 6.91. The van der Waals surface area contributed by atoms with Gasteiger partial charge < -0.3 is 9.47 Å². The van der Waals surface area contributed by atoms with Crippen molar-refractivity contribution >= 4 is 15.9 Å². The maximum Gasteiger partial charge on any atom is 0.264 e. The summed E-state index contributed by atoms with van der Waals surface area (Å²) in [6.07, 6.45) is 2.28. The standard InChI is InChI=1S/C14H19NO5S/c1-19-12-7-5-11(6-8-12)14(16)15-21(17,18)10-13-4-2-3-9-20-13/h5-8,13H,2-4,9-10H2,1H3,(H,15,16)/t13-/m1/s1. The Morgan fingerprint density at radius 3 is 2.62 bits per heavy atom. The number of carbonyl (C=O) groups is 1. The molecular formula is C14H19NO5S. The van der Waals surface area contributed by atoms with E-state index in [-0.39, 0.29) is 17.4 Å². The van der Waals surface area contributed by atoms with Crippen LogP contribution in [0.3, 0.4) is 0 Å². The van der Waals surface area contributed by atoms with Crippen molar-refractivity contribution < 1.29 is 22.7 Å². The summed E-state index contributed by atoms with van der Waals surface area (Å²) < 4.78 is 36.4. The molecule has 0 spiro atoms. The topological polar surface area (TPSA) is 81.7 Å². The van der Waals surface area contributed by atoms with Crippen molar-refractivity contribution in [2.24, 2.45) is 0 Å². The normalized spacial score (nSPS) is 19.0. The Morgan fingerprint density at radius 2 is 2.05 bits per heavy atom. The number of methoxy groups -OCH3 is 1. The van der Waals surface area contributed by atoms with Crippen molar-refractivity contribution in [1.82, 2.24) is 4.72 Å². The summed E-state index contributed by atoms with van der Waals surface area (Å²) in [7, 11) is -2.18. The fourth-order valence-corrected chi connectivity index (χ4v) is 3.40. The molecule has 1 N–H and O–H groups in total. The Balaban J connectivity index is 1.96. The summed E-state index contributed by atoms with van der Waals surface area (Å²) >= 11 is 0. The number of ether oxygens (including phenoxy) is 2. The molecule has 0 radical (unpaired) electrons. The van der Waals surface area contributed by atoms with Crippen molar-refractivity contribution in [1.29, 1.82) is 0 Å². The highest BCUT2D eigenvalue weighted by molar-refractivity contribution is 7.90. The Bertz CT molecular complexity index is 576. The quantitative estimate of drug-likeness (QED) is 0.886. The van der Waals surface area contributed by atoms with Crippen molar-refractivity contribution in [3.63, 3.8) is 0 Å². The molecule has 116 valence electrons. The van der Waals surface area contributed by atoms with Crippen molar-refractivity contribution in [2.45, 2.75) is 25.4 Å². The lowest BCUT2D eigenvalue weighted by molar-refractivity contribution is 0.0304. The molecule has 21 heavy (non-hydrogen) atoms. The van der Waals surface area contributed by atoms with Gasteiger partial charge in [0.25, 0.3) is 5.91 Å². The maximum atomic E-state index is 12.0. The first-order chi connectivity index (χ1) is 10.00. The number of rotatable bonds is 5. The van der Waals surface area contributed by atoms with Gasteiger partial charge in [0.15, 0.2) is 0 Å². The highest BCUT2D eigenvalue weighted by atomic mass is 32.2. The predicted molar refractivity (Wildman–Crippen MR) is 77.8 cm³/mol. The Labute approximate surface area is 124 Å². The van der Waals surface area contributed by atoms with E-state index in [9.17, 15) is 13.2 Å². The van der Waals surface area contributed by atoms with E-state index in [2.05, 4.69) is 4.72 Å². The third-order valence-corrected chi connectivity index (χ3v) is 4.59. The largest absolute Gasteiger partial charge is 0.497 e. The molecule has 6 nitrogen and oxygen atoms in total. The molecule has 1 amide bonds. The minimum Gasteiger partial charge on any atom is -0.497 e. The van der Waals surface area contributed by atoms with E-state index in [1.54, 1.807) is 12.1 Å². The maximum absolute atomic E-state index is 12.0. The number of hydrogen-bond donors (Lipinski definition) is 1. The number of carbonyl (C=O) groups excluding carboxylic acids is 1. The first-order valence-electron chi connectivity index (χ1n) is 6.80. The first kappa shape index (κ1) is 15.8. The van der Waals surface area contributed by atoms with Crippen LogP contribution in [0.5, 0.6) is 5.75 Å². The number of benzene rings is 1. The number of sulfonamides is 1. The van der Waals surface area contributed by atoms with Crippen LogP contribution in [0.4, 0.5) is 0 Å². The van der Waals surface area contributed by atoms with E-state index >= 15 is 0 Å². The zero-order chi connectivity index (χ0) is 15.3. The molecule has 1 saturated heterocycles. The van der Waals surface area contributed by atoms with Gasteiger partial charge in [-0.1, -0.05) is 0 Å². The van der Waals surface area contributed by atoms with Gasteiger partial charge in [-0.3, -0.25) is 4.79 Å². The van der Waals surface area contributed by atoms with Gasteiger partial charge in [0, 0.05) is 12.2 Å². The van der Waals surface area contributed by atoms with Gasteiger partial charge in [-0.15, -0.1) is 0 Å². The fraction of sp³-hybridized carbons (Fsp3) is 0.500. The van der Waals surface area contributed by atoms with Crippen molar-refractivity contribution in [3.05, 3.63) is 29.8 Å². The van der Waals surface area contributed by atoms with Crippen LogP contribution in [-0.4, -0.2) is 39.9 Å². The number of amides is 1. The SMILES string of the molecule is COc1ccc(C(=O)NS(=O)(=O)C[C@H]2CCCCO2)cc1. The van der Waals surface area contributed by atoms with Gasteiger partial charge >= 0.3 is 0 Å². The van der Waals surface area contributed by atoms with Gasteiger partial charge in [0.05, 0.1) is 19.0 Å². The summed E-state index contributed by atoms with van der Waals surface area (Å²) in [5, 5.41) is 0. The molecule has 0 aromatic heterocycles.